The van der Waals surface area contributed by atoms with Crippen LogP contribution in [0, 0.1) is 11.7 Å². The molecular weight excluding hydrogens is 487 g/mol. The highest BCUT2D eigenvalue weighted by atomic mass is 19.1. The maximum atomic E-state index is 13.5. The van der Waals surface area contributed by atoms with Crippen LogP contribution in [0.25, 0.3) is 55.6 Å². The summed E-state index contributed by atoms with van der Waals surface area (Å²) in [5.41, 5.74) is 8.70. The lowest BCUT2D eigenvalue weighted by Gasteiger charge is -2.11. The molecule has 1 aliphatic carbocycles. The molecule has 0 aliphatic heterocycles. The molecule has 1 saturated carbocycles. The highest BCUT2D eigenvalue weighted by molar-refractivity contribution is 6.00. The summed E-state index contributed by atoms with van der Waals surface area (Å²) in [5, 5.41) is 13.5. The lowest BCUT2D eigenvalue weighted by molar-refractivity contribution is 0.489. The average molecular weight is 517 g/mol. The molecule has 0 saturated heterocycles. The molecule has 7 heteroatoms. The monoisotopic (exact) mass is 516 g/mol. The summed E-state index contributed by atoms with van der Waals surface area (Å²) in [6.45, 7) is 1.91. The van der Waals surface area contributed by atoms with Crippen LogP contribution in [0.4, 0.5) is 4.39 Å². The lowest BCUT2D eigenvalue weighted by atomic mass is 10.0. The van der Waals surface area contributed by atoms with Crippen molar-refractivity contribution in [3.63, 3.8) is 0 Å². The number of benzene rings is 2. The zero-order valence-corrected chi connectivity index (χ0v) is 21.5. The molecule has 6 aromatic rings. The van der Waals surface area contributed by atoms with E-state index in [-0.39, 0.29) is 5.82 Å². The Morgan fingerprint density at radius 1 is 0.821 bits per heavy atom. The van der Waals surface area contributed by atoms with Crippen molar-refractivity contribution in [3.05, 3.63) is 90.6 Å². The summed E-state index contributed by atoms with van der Waals surface area (Å²) in [7, 11) is 0. The molecule has 1 aliphatic rings. The summed E-state index contributed by atoms with van der Waals surface area (Å²) >= 11 is 0. The van der Waals surface area contributed by atoms with Crippen molar-refractivity contribution in [2.24, 2.45) is 5.92 Å². The minimum Gasteiger partial charge on any atom is -0.353 e. The highest BCUT2D eigenvalue weighted by Gasteiger charge is 2.16. The van der Waals surface area contributed by atoms with Gasteiger partial charge in [-0.15, -0.1) is 0 Å². The third-order valence-corrected chi connectivity index (χ3v) is 7.85. The largest absolute Gasteiger partial charge is 0.353 e. The topological polar surface area (TPSA) is 82.3 Å². The molecule has 6 nitrogen and oxygen atoms in total. The molecule has 0 spiro atoms. The molecule has 1 fully saturated rings. The van der Waals surface area contributed by atoms with Crippen molar-refractivity contribution in [2.45, 2.75) is 32.2 Å². The van der Waals surface area contributed by atoms with Crippen molar-refractivity contribution in [3.8, 4) is 33.8 Å². The predicted octanol–water partition coefficient (Wildman–Crippen LogP) is 7.25. The molecule has 0 amide bonds. The molecule has 7 rings (SSSR count). The van der Waals surface area contributed by atoms with E-state index >= 15 is 0 Å². The molecule has 0 bridgehead atoms. The third-order valence-electron chi connectivity index (χ3n) is 7.85. The zero-order valence-electron chi connectivity index (χ0n) is 21.5. The van der Waals surface area contributed by atoms with Gasteiger partial charge in [0.05, 0.1) is 16.9 Å². The van der Waals surface area contributed by atoms with Gasteiger partial charge in [0, 0.05) is 52.6 Å². The van der Waals surface area contributed by atoms with E-state index in [9.17, 15) is 4.39 Å². The fourth-order valence-electron chi connectivity index (χ4n) is 5.80. The second kappa shape index (κ2) is 10.1. The van der Waals surface area contributed by atoms with Crippen LogP contribution in [0.5, 0.6) is 0 Å². The molecule has 0 radical (unpaired) electrons. The van der Waals surface area contributed by atoms with Gasteiger partial charge >= 0.3 is 0 Å². The standard InChI is InChI=1S/C32H29FN6/c33-25-8-5-22(6-9-25)31-27-15-30(37-28(27)11-12-36-31)32-26-14-23(7-10-29(26)38-39-32)24-13-21(18-35-19-24)17-34-16-20-3-1-2-4-20/h5-15,18-20,34,37H,1-4,16-17H2,(H,38,39). The summed E-state index contributed by atoms with van der Waals surface area (Å²) in [6, 6.07) is 19.0. The molecule has 0 unspecified atom stereocenters. The number of pyridine rings is 2. The Labute approximate surface area is 225 Å². The first-order chi connectivity index (χ1) is 19.2. The third kappa shape index (κ3) is 4.70. The number of hydrogen-bond donors (Lipinski definition) is 3. The Kier molecular flexibility index (Phi) is 6.13. The van der Waals surface area contributed by atoms with Gasteiger partial charge in [-0.2, -0.15) is 5.10 Å². The van der Waals surface area contributed by atoms with Crippen LogP contribution >= 0.6 is 0 Å². The zero-order chi connectivity index (χ0) is 26.2. The second-order valence-corrected chi connectivity index (χ2v) is 10.5. The quantitative estimate of drug-likeness (QED) is 0.209. The molecule has 2 aromatic carbocycles. The molecule has 39 heavy (non-hydrogen) atoms. The number of nitrogens with one attached hydrogen (secondary N) is 3. The van der Waals surface area contributed by atoms with Gasteiger partial charge in [0.2, 0.25) is 0 Å². The van der Waals surface area contributed by atoms with Gasteiger partial charge in [-0.05, 0) is 91.0 Å². The van der Waals surface area contributed by atoms with Gasteiger partial charge in [0.25, 0.3) is 0 Å². The Hall–Kier alpha value is -4.36. The number of fused-ring (bicyclic) bond motifs is 2. The first kappa shape index (κ1) is 23.7. The molecule has 4 heterocycles. The normalized spacial score (nSPS) is 14.1. The van der Waals surface area contributed by atoms with Crippen molar-refractivity contribution in [1.82, 2.24) is 30.5 Å². The van der Waals surface area contributed by atoms with Gasteiger partial charge < -0.3 is 10.3 Å². The second-order valence-electron chi connectivity index (χ2n) is 10.5. The molecule has 4 aromatic heterocycles. The highest BCUT2D eigenvalue weighted by Crippen LogP contribution is 2.34. The fourth-order valence-corrected chi connectivity index (χ4v) is 5.80. The van der Waals surface area contributed by atoms with E-state index in [0.29, 0.717) is 0 Å². The SMILES string of the molecule is Fc1ccc(-c2nccc3[nH]c(-c4n[nH]c5ccc(-c6cncc(CNCC7CCCC7)c6)cc45)cc23)cc1. The maximum Gasteiger partial charge on any atom is 0.123 e. The number of H-pyrrole nitrogens is 2. The van der Waals surface area contributed by atoms with E-state index in [1.165, 1.54) is 43.4 Å². The van der Waals surface area contributed by atoms with Gasteiger partial charge in [0.15, 0.2) is 0 Å². The van der Waals surface area contributed by atoms with Crippen molar-refractivity contribution >= 4 is 21.8 Å². The minimum absolute atomic E-state index is 0.263. The van der Waals surface area contributed by atoms with Crippen LogP contribution in [0.3, 0.4) is 0 Å². The number of hydrogen-bond acceptors (Lipinski definition) is 4. The number of rotatable bonds is 7. The summed E-state index contributed by atoms with van der Waals surface area (Å²) in [5.74, 6) is 0.552. The van der Waals surface area contributed by atoms with Crippen molar-refractivity contribution < 1.29 is 4.39 Å². The van der Waals surface area contributed by atoms with E-state index in [2.05, 4.69) is 60.8 Å². The lowest BCUT2D eigenvalue weighted by Crippen LogP contribution is -2.20. The van der Waals surface area contributed by atoms with Crippen molar-refractivity contribution in [2.75, 3.05) is 6.54 Å². The fraction of sp³-hybridized carbons (Fsp3) is 0.219. The van der Waals surface area contributed by atoms with Crippen molar-refractivity contribution in [1.29, 1.82) is 0 Å². The van der Waals surface area contributed by atoms with Gasteiger partial charge in [-0.3, -0.25) is 15.1 Å². The summed E-state index contributed by atoms with van der Waals surface area (Å²) in [6.07, 6.45) is 11.1. The Bertz CT molecular complexity index is 1760. The molecule has 3 N–H and O–H groups in total. The Balaban J connectivity index is 1.20. The maximum absolute atomic E-state index is 13.5. The van der Waals surface area contributed by atoms with Crippen LogP contribution in [0.1, 0.15) is 31.2 Å². The summed E-state index contributed by atoms with van der Waals surface area (Å²) < 4.78 is 13.5. The van der Waals surface area contributed by atoms with E-state index in [4.69, 9.17) is 0 Å². The van der Waals surface area contributed by atoms with E-state index in [1.54, 1.807) is 18.3 Å². The average Bonchev–Trinajstić information content (AvgIpc) is 3.73. The Morgan fingerprint density at radius 3 is 2.51 bits per heavy atom. The Morgan fingerprint density at radius 2 is 1.64 bits per heavy atom. The summed E-state index contributed by atoms with van der Waals surface area (Å²) in [4.78, 5) is 12.6. The van der Waals surface area contributed by atoms with E-state index in [0.717, 1.165) is 74.6 Å². The minimum atomic E-state index is -0.263. The van der Waals surface area contributed by atoms with Crippen LogP contribution in [-0.4, -0.2) is 31.7 Å². The van der Waals surface area contributed by atoms with E-state index in [1.807, 2.05) is 18.5 Å². The molecule has 194 valence electrons. The van der Waals surface area contributed by atoms with Gasteiger partial charge in [-0.1, -0.05) is 18.9 Å². The predicted molar refractivity (Wildman–Crippen MR) is 153 cm³/mol. The number of aromatic amines is 2. The van der Waals surface area contributed by atoms with Crippen LogP contribution in [0.15, 0.2) is 79.3 Å². The van der Waals surface area contributed by atoms with Crippen LogP contribution < -0.4 is 5.32 Å². The van der Waals surface area contributed by atoms with Crippen LogP contribution in [0.2, 0.25) is 0 Å². The van der Waals surface area contributed by atoms with Crippen LogP contribution in [-0.2, 0) is 6.54 Å². The molecule has 0 atom stereocenters. The number of aromatic nitrogens is 5. The van der Waals surface area contributed by atoms with E-state index < -0.39 is 0 Å². The number of nitrogens with zero attached hydrogens (tertiary/aromatic N) is 3. The van der Waals surface area contributed by atoms with Gasteiger partial charge in [-0.25, -0.2) is 4.39 Å². The smallest absolute Gasteiger partial charge is 0.123 e. The number of halogens is 1. The molecular formula is C32H29FN6. The first-order valence-corrected chi connectivity index (χ1v) is 13.6. The van der Waals surface area contributed by atoms with Gasteiger partial charge in [0.1, 0.15) is 11.5 Å². The first-order valence-electron chi connectivity index (χ1n) is 13.6.